The lowest BCUT2D eigenvalue weighted by Gasteiger charge is -2.36. The second-order valence-corrected chi connectivity index (χ2v) is 5.71. The number of halogens is 3. The number of piperazine rings is 1. The van der Waals surface area contributed by atoms with Crippen LogP contribution in [0.5, 0.6) is 5.75 Å². The van der Waals surface area contributed by atoms with Gasteiger partial charge in [-0.1, -0.05) is 44.4 Å². The predicted octanol–water partition coefficient (Wildman–Crippen LogP) is 4.24. The van der Waals surface area contributed by atoms with Crippen LogP contribution in [0.25, 0.3) is 0 Å². The minimum Gasteiger partial charge on any atom is -0.434 e. The Bertz CT molecular complexity index is 442. The lowest BCUT2D eigenvalue weighted by atomic mass is 9.97. The van der Waals surface area contributed by atoms with E-state index in [2.05, 4.69) is 17.1 Å². The summed E-state index contributed by atoms with van der Waals surface area (Å²) in [5.74, 6) is 0.317. The zero-order chi connectivity index (χ0) is 15.8. The van der Waals surface area contributed by atoms with Gasteiger partial charge in [0.2, 0.25) is 0 Å². The third-order valence-corrected chi connectivity index (χ3v) is 4.17. The van der Waals surface area contributed by atoms with Crippen LogP contribution in [-0.4, -0.2) is 37.7 Å². The molecular weight excluding hydrogens is 322 g/mol. The molecule has 1 N–H and O–H groups in total. The van der Waals surface area contributed by atoms with Crippen LogP contribution in [0.15, 0.2) is 24.3 Å². The molecule has 0 aromatic heterocycles. The molecule has 1 fully saturated rings. The first-order valence-electron chi connectivity index (χ1n) is 8.21. The summed E-state index contributed by atoms with van der Waals surface area (Å²) in [6, 6.07) is 7.39. The standard InChI is InChI=1S/C17H26F2N2O.ClH/c1-2-3-4-8-15(21-12-10-20-11-13-21)14-7-5-6-9-16(14)22-17(18)19;/h5-7,9,15,17,20H,2-4,8,10-13H2,1H3;1H/t15-;/m1./s1. The largest absolute Gasteiger partial charge is 0.434 e. The van der Waals surface area contributed by atoms with Crippen LogP contribution >= 0.6 is 12.4 Å². The maximum Gasteiger partial charge on any atom is 0.387 e. The van der Waals surface area contributed by atoms with Crippen LogP contribution in [0.1, 0.15) is 44.2 Å². The number of hydrogen-bond acceptors (Lipinski definition) is 3. The summed E-state index contributed by atoms with van der Waals surface area (Å²) in [4.78, 5) is 2.39. The molecule has 3 nitrogen and oxygen atoms in total. The Balaban J connectivity index is 0.00000264. The van der Waals surface area contributed by atoms with Gasteiger partial charge >= 0.3 is 6.61 Å². The van der Waals surface area contributed by atoms with Crippen molar-refractivity contribution in [1.82, 2.24) is 10.2 Å². The predicted molar refractivity (Wildman–Crippen MR) is 91.6 cm³/mol. The monoisotopic (exact) mass is 348 g/mol. The Kier molecular flexibility index (Phi) is 9.44. The Morgan fingerprint density at radius 3 is 2.52 bits per heavy atom. The van der Waals surface area contributed by atoms with E-state index in [4.69, 9.17) is 4.74 Å². The molecule has 0 bridgehead atoms. The lowest BCUT2D eigenvalue weighted by molar-refractivity contribution is -0.0513. The van der Waals surface area contributed by atoms with E-state index in [1.165, 1.54) is 6.42 Å². The van der Waals surface area contributed by atoms with Crippen LogP contribution in [-0.2, 0) is 0 Å². The number of alkyl halides is 2. The fourth-order valence-electron chi connectivity index (χ4n) is 3.08. The van der Waals surface area contributed by atoms with Crippen molar-refractivity contribution >= 4 is 12.4 Å². The van der Waals surface area contributed by atoms with Crippen molar-refractivity contribution in [2.24, 2.45) is 0 Å². The number of hydrogen-bond donors (Lipinski definition) is 1. The summed E-state index contributed by atoms with van der Waals surface area (Å²) in [5.41, 5.74) is 0.890. The van der Waals surface area contributed by atoms with Crippen molar-refractivity contribution in [3.05, 3.63) is 29.8 Å². The SMILES string of the molecule is CCCCC[C@H](c1ccccc1OC(F)F)N1CCNCC1.Cl. The Morgan fingerprint density at radius 1 is 1.17 bits per heavy atom. The summed E-state index contributed by atoms with van der Waals surface area (Å²) in [6.45, 7) is 3.18. The van der Waals surface area contributed by atoms with Gasteiger partial charge in [-0.15, -0.1) is 12.4 Å². The summed E-state index contributed by atoms with van der Waals surface area (Å²) >= 11 is 0. The van der Waals surface area contributed by atoms with Gasteiger partial charge in [-0.3, -0.25) is 4.90 Å². The summed E-state index contributed by atoms with van der Waals surface area (Å²) in [5, 5.41) is 3.34. The summed E-state index contributed by atoms with van der Waals surface area (Å²) in [7, 11) is 0. The third kappa shape index (κ3) is 6.24. The molecule has 0 radical (unpaired) electrons. The second-order valence-electron chi connectivity index (χ2n) is 5.71. The highest BCUT2D eigenvalue weighted by molar-refractivity contribution is 5.85. The molecule has 6 heteroatoms. The van der Waals surface area contributed by atoms with Crippen LogP contribution in [0.2, 0.25) is 0 Å². The van der Waals surface area contributed by atoms with Crippen LogP contribution in [0.4, 0.5) is 8.78 Å². The lowest BCUT2D eigenvalue weighted by Crippen LogP contribution is -2.45. The molecule has 0 aliphatic carbocycles. The van der Waals surface area contributed by atoms with E-state index in [0.717, 1.165) is 51.0 Å². The minimum atomic E-state index is -2.78. The minimum absolute atomic E-state index is 0. The van der Waals surface area contributed by atoms with Crippen LogP contribution in [0.3, 0.4) is 0 Å². The summed E-state index contributed by atoms with van der Waals surface area (Å²) < 4.78 is 30.1. The van der Waals surface area contributed by atoms with Gasteiger partial charge in [0.15, 0.2) is 0 Å². The number of benzene rings is 1. The van der Waals surface area contributed by atoms with E-state index >= 15 is 0 Å². The molecule has 1 aliphatic heterocycles. The Labute approximate surface area is 143 Å². The average Bonchev–Trinajstić information content (AvgIpc) is 2.53. The highest BCUT2D eigenvalue weighted by Crippen LogP contribution is 2.34. The first-order valence-corrected chi connectivity index (χ1v) is 8.21. The molecule has 1 saturated heterocycles. The topological polar surface area (TPSA) is 24.5 Å². The van der Waals surface area contributed by atoms with Gasteiger partial charge in [-0.05, 0) is 12.5 Å². The maximum absolute atomic E-state index is 12.7. The van der Waals surface area contributed by atoms with E-state index in [-0.39, 0.29) is 18.4 Å². The number of ether oxygens (including phenoxy) is 1. The molecule has 23 heavy (non-hydrogen) atoms. The molecule has 0 spiro atoms. The normalized spacial score (nSPS) is 16.9. The van der Waals surface area contributed by atoms with Gasteiger partial charge in [0.1, 0.15) is 5.75 Å². The van der Waals surface area contributed by atoms with Crippen molar-refractivity contribution in [2.45, 2.75) is 45.3 Å². The van der Waals surface area contributed by atoms with Crippen molar-refractivity contribution in [3.63, 3.8) is 0 Å². The van der Waals surface area contributed by atoms with Crippen LogP contribution < -0.4 is 10.1 Å². The number of nitrogens with one attached hydrogen (secondary N) is 1. The number of nitrogens with zero attached hydrogens (tertiary/aromatic N) is 1. The summed E-state index contributed by atoms with van der Waals surface area (Å²) in [6.07, 6.45) is 4.41. The van der Waals surface area contributed by atoms with Crippen molar-refractivity contribution in [1.29, 1.82) is 0 Å². The second kappa shape index (κ2) is 10.8. The molecule has 1 aromatic carbocycles. The van der Waals surface area contributed by atoms with Crippen molar-refractivity contribution in [3.8, 4) is 5.75 Å². The first-order chi connectivity index (χ1) is 10.7. The Hall–Kier alpha value is -0.910. The molecule has 132 valence electrons. The first kappa shape index (κ1) is 20.1. The number of rotatable bonds is 8. The molecular formula is C17H27ClF2N2O. The van der Waals surface area contributed by atoms with Gasteiger partial charge < -0.3 is 10.1 Å². The smallest absolute Gasteiger partial charge is 0.387 e. The fraction of sp³-hybridized carbons (Fsp3) is 0.647. The molecule has 0 unspecified atom stereocenters. The molecule has 1 atom stereocenters. The van der Waals surface area contributed by atoms with E-state index in [0.29, 0.717) is 5.75 Å². The van der Waals surface area contributed by atoms with Gasteiger partial charge in [0, 0.05) is 37.8 Å². The highest BCUT2D eigenvalue weighted by Gasteiger charge is 2.25. The molecule has 1 heterocycles. The van der Waals surface area contributed by atoms with Crippen molar-refractivity contribution in [2.75, 3.05) is 26.2 Å². The quantitative estimate of drug-likeness (QED) is 0.711. The number of unbranched alkanes of at least 4 members (excludes halogenated alkanes) is 2. The zero-order valence-electron chi connectivity index (χ0n) is 13.6. The fourth-order valence-corrected chi connectivity index (χ4v) is 3.08. The van der Waals surface area contributed by atoms with E-state index < -0.39 is 6.61 Å². The van der Waals surface area contributed by atoms with Gasteiger partial charge in [0.25, 0.3) is 0 Å². The average molecular weight is 349 g/mol. The highest BCUT2D eigenvalue weighted by atomic mass is 35.5. The van der Waals surface area contributed by atoms with E-state index in [1.807, 2.05) is 12.1 Å². The van der Waals surface area contributed by atoms with Crippen LogP contribution in [0, 0.1) is 0 Å². The van der Waals surface area contributed by atoms with Gasteiger partial charge in [-0.2, -0.15) is 8.78 Å². The molecule has 2 rings (SSSR count). The maximum atomic E-state index is 12.7. The van der Waals surface area contributed by atoms with E-state index in [1.54, 1.807) is 12.1 Å². The molecule has 1 aromatic rings. The van der Waals surface area contributed by atoms with Crippen molar-refractivity contribution < 1.29 is 13.5 Å². The Morgan fingerprint density at radius 2 is 1.87 bits per heavy atom. The third-order valence-electron chi connectivity index (χ3n) is 4.17. The molecule has 1 aliphatic rings. The molecule has 0 amide bonds. The van der Waals surface area contributed by atoms with E-state index in [9.17, 15) is 8.78 Å². The van der Waals surface area contributed by atoms with Gasteiger partial charge in [0.05, 0.1) is 0 Å². The van der Waals surface area contributed by atoms with Gasteiger partial charge in [-0.25, -0.2) is 0 Å². The number of para-hydroxylation sites is 1. The zero-order valence-corrected chi connectivity index (χ0v) is 14.5. The molecule has 0 saturated carbocycles.